The summed E-state index contributed by atoms with van der Waals surface area (Å²) >= 11 is 0. The van der Waals surface area contributed by atoms with Crippen LogP contribution in [-0.4, -0.2) is 4.98 Å². The lowest BCUT2D eigenvalue weighted by Gasteiger charge is -2.08. The molecule has 108 valence electrons. The molecule has 0 bridgehead atoms. The van der Waals surface area contributed by atoms with Gasteiger partial charge in [-0.05, 0) is 49.8 Å². The van der Waals surface area contributed by atoms with Crippen molar-refractivity contribution in [2.24, 2.45) is 0 Å². The summed E-state index contributed by atoms with van der Waals surface area (Å²) in [5.41, 5.74) is 4.15. The molecule has 0 aliphatic heterocycles. The van der Waals surface area contributed by atoms with Crippen LogP contribution >= 0.6 is 0 Å². The van der Waals surface area contributed by atoms with Gasteiger partial charge in [-0.1, -0.05) is 52.9 Å². The Morgan fingerprint density at radius 2 is 1.21 bits per heavy atom. The minimum Gasteiger partial charge on any atom is -0.258 e. The average Bonchev–Trinajstić information content (AvgIpc) is 2.40. The number of rotatable bonds is 10. The number of pyridine rings is 1. The first-order chi connectivity index (χ1) is 9.30. The first kappa shape index (κ1) is 16.2. The van der Waals surface area contributed by atoms with Crippen LogP contribution in [0.1, 0.15) is 82.7 Å². The summed E-state index contributed by atoms with van der Waals surface area (Å²) in [6.45, 7) is 6.78. The Morgan fingerprint density at radius 3 is 1.63 bits per heavy atom. The lowest BCUT2D eigenvalue weighted by molar-refractivity contribution is 0.686. The number of hydrogen-bond acceptors (Lipinski definition) is 1. The van der Waals surface area contributed by atoms with Crippen LogP contribution in [0.15, 0.2) is 12.1 Å². The maximum atomic E-state index is 4.86. The van der Waals surface area contributed by atoms with Gasteiger partial charge in [-0.25, -0.2) is 0 Å². The third kappa shape index (κ3) is 6.75. The summed E-state index contributed by atoms with van der Waals surface area (Å²) in [6, 6.07) is 4.67. The van der Waals surface area contributed by atoms with Crippen molar-refractivity contribution < 1.29 is 0 Å². The van der Waals surface area contributed by atoms with E-state index in [1.807, 2.05) is 0 Å². The molecule has 0 atom stereocenters. The fourth-order valence-corrected chi connectivity index (χ4v) is 2.52. The lowest BCUT2D eigenvalue weighted by atomic mass is 10.0. The molecule has 1 heteroatoms. The molecule has 1 aromatic rings. The molecule has 0 N–H and O–H groups in total. The summed E-state index contributed by atoms with van der Waals surface area (Å²) in [6.07, 6.45) is 12.5. The van der Waals surface area contributed by atoms with E-state index >= 15 is 0 Å². The molecular formula is C18H31N. The van der Waals surface area contributed by atoms with Crippen molar-refractivity contribution in [1.82, 2.24) is 4.98 Å². The first-order valence-corrected chi connectivity index (χ1v) is 8.28. The molecule has 1 heterocycles. The van der Waals surface area contributed by atoms with E-state index in [1.165, 1.54) is 68.3 Å². The third-order valence-electron chi connectivity index (χ3n) is 3.60. The number of hydrogen-bond donors (Lipinski definition) is 0. The topological polar surface area (TPSA) is 12.9 Å². The van der Waals surface area contributed by atoms with Crippen molar-refractivity contribution in [2.45, 2.75) is 85.0 Å². The van der Waals surface area contributed by atoms with Gasteiger partial charge in [0.15, 0.2) is 0 Å². The zero-order valence-corrected chi connectivity index (χ0v) is 13.2. The highest BCUT2D eigenvalue weighted by Gasteiger charge is 2.03. The Balaban J connectivity index is 2.66. The number of aryl methyl sites for hydroxylation is 3. The maximum absolute atomic E-state index is 4.86. The second kappa shape index (κ2) is 10.00. The van der Waals surface area contributed by atoms with E-state index in [0.29, 0.717) is 0 Å². The smallest absolute Gasteiger partial charge is 0.0409 e. The van der Waals surface area contributed by atoms with Crippen LogP contribution in [0.5, 0.6) is 0 Å². The highest BCUT2D eigenvalue weighted by molar-refractivity contribution is 5.22. The van der Waals surface area contributed by atoms with Crippen molar-refractivity contribution in [2.75, 3.05) is 0 Å². The van der Waals surface area contributed by atoms with Crippen molar-refractivity contribution >= 4 is 0 Å². The molecule has 0 amide bonds. The Labute approximate surface area is 119 Å². The second-order valence-electron chi connectivity index (χ2n) is 5.62. The number of unbranched alkanes of at least 4 members (excludes halogenated alkanes) is 4. The Morgan fingerprint density at radius 1 is 0.684 bits per heavy atom. The van der Waals surface area contributed by atoms with Crippen molar-refractivity contribution in [1.29, 1.82) is 0 Å². The predicted molar refractivity (Wildman–Crippen MR) is 84.7 cm³/mol. The van der Waals surface area contributed by atoms with Crippen LogP contribution < -0.4 is 0 Å². The van der Waals surface area contributed by atoms with Crippen LogP contribution in [0, 0.1) is 0 Å². The van der Waals surface area contributed by atoms with Crippen LogP contribution in [0.3, 0.4) is 0 Å². The summed E-state index contributed by atoms with van der Waals surface area (Å²) in [4.78, 5) is 4.86. The van der Waals surface area contributed by atoms with Gasteiger partial charge in [0.1, 0.15) is 0 Å². The zero-order valence-electron chi connectivity index (χ0n) is 13.2. The molecule has 0 unspecified atom stereocenters. The van der Waals surface area contributed by atoms with E-state index in [1.54, 1.807) is 0 Å². The van der Waals surface area contributed by atoms with Gasteiger partial charge in [0.25, 0.3) is 0 Å². The Kier molecular flexibility index (Phi) is 8.53. The van der Waals surface area contributed by atoms with E-state index < -0.39 is 0 Å². The summed E-state index contributed by atoms with van der Waals surface area (Å²) in [7, 11) is 0. The molecule has 0 aromatic carbocycles. The molecule has 19 heavy (non-hydrogen) atoms. The van der Waals surface area contributed by atoms with E-state index in [2.05, 4.69) is 32.9 Å². The number of aromatic nitrogens is 1. The van der Waals surface area contributed by atoms with E-state index in [0.717, 1.165) is 12.8 Å². The van der Waals surface area contributed by atoms with Gasteiger partial charge in [0, 0.05) is 11.4 Å². The van der Waals surface area contributed by atoms with Gasteiger partial charge in [-0.3, -0.25) is 4.98 Å². The SMILES string of the molecule is CCCCCc1cc(CCC)cc(CCCCC)n1. The Bertz CT molecular complexity index is 315. The van der Waals surface area contributed by atoms with Crippen molar-refractivity contribution in [3.05, 3.63) is 29.1 Å². The third-order valence-corrected chi connectivity index (χ3v) is 3.60. The monoisotopic (exact) mass is 261 g/mol. The first-order valence-electron chi connectivity index (χ1n) is 8.28. The number of nitrogens with zero attached hydrogens (tertiary/aromatic N) is 1. The molecule has 1 aromatic heterocycles. The van der Waals surface area contributed by atoms with Gasteiger partial charge < -0.3 is 0 Å². The fraction of sp³-hybridized carbons (Fsp3) is 0.722. The highest BCUT2D eigenvalue weighted by Crippen LogP contribution is 2.14. The molecule has 0 saturated heterocycles. The second-order valence-corrected chi connectivity index (χ2v) is 5.62. The average molecular weight is 261 g/mol. The molecule has 0 saturated carbocycles. The molecule has 0 aliphatic rings. The van der Waals surface area contributed by atoms with E-state index in [9.17, 15) is 0 Å². The van der Waals surface area contributed by atoms with E-state index in [-0.39, 0.29) is 0 Å². The standard InChI is InChI=1S/C18H31N/c1-4-7-9-12-17-14-16(11-6-3)15-18(19-17)13-10-8-5-2/h14-15H,4-13H2,1-3H3. The van der Waals surface area contributed by atoms with Gasteiger partial charge in [0.2, 0.25) is 0 Å². The van der Waals surface area contributed by atoms with Crippen LogP contribution in [0.2, 0.25) is 0 Å². The molecule has 1 nitrogen and oxygen atoms in total. The van der Waals surface area contributed by atoms with Gasteiger partial charge in [-0.2, -0.15) is 0 Å². The summed E-state index contributed by atoms with van der Waals surface area (Å²) in [5, 5.41) is 0. The van der Waals surface area contributed by atoms with Crippen LogP contribution in [0.4, 0.5) is 0 Å². The van der Waals surface area contributed by atoms with Gasteiger partial charge in [-0.15, -0.1) is 0 Å². The molecule has 1 rings (SSSR count). The van der Waals surface area contributed by atoms with Crippen molar-refractivity contribution in [3.63, 3.8) is 0 Å². The van der Waals surface area contributed by atoms with Crippen molar-refractivity contribution in [3.8, 4) is 0 Å². The largest absolute Gasteiger partial charge is 0.258 e. The normalized spacial score (nSPS) is 10.9. The van der Waals surface area contributed by atoms with Crippen LogP contribution in [-0.2, 0) is 19.3 Å². The molecule has 0 spiro atoms. The van der Waals surface area contributed by atoms with Gasteiger partial charge >= 0.3 is 0 Å². The van der Waals surface area contributed by atoms with Gasteiger partial charge in [0.05, 0.1) is 0 Å². The molecule has 0 aliphatic carbocycles. The predicted octanol–water partition coefficient (Wildman–Crippen LogP) is 5.50. The summed E-state index contributed by atoms with van der Waals surface area (Å²) < 4.78 is 0. The highest BCUT2D eigenvalue weighted by atomic mass is 14.7. The lowest BCUT2D eigenvalue weighted by Crippen LogP contribution is -2.00. The molecule has 0 radical (unpaired) electrons. The minimum atomic E-state index is 1.16. The maximum Gasteiger partial charge on any atom is 0.0409 e. The fourth-order valence-electron chi connectivity index (χ4n) is 2.52. The van der Waals surface area contributed by atoms with E-state index in [4.69, 9.17) is 4.98 Å². The molecular weight excluding hydrogens is 230 g/mol. The zero-order chi connectivity index (χ0) is 13.9. The minimum absolute atomic E-state index is 1.16. The quantitative estimate of drug-likeness (QED) is 0.507. The Hall–Kier alpha value is -0.850. The molecule has 0 fully saturated rings. The van der Waals surface area contributed by atoms with Crippen LogP contribution in [0.25, 0.3) is 0 Å². The summed E-state index contributed by atoms with van der Waals surface area (Å²) in [5.74, 6) is 0.